The van der Waals surface area contributed by atoms with Gasteiger partial charge in [0, 0.05) is 20.6 Å². The number of nitrogens with two attached hydrogens (primary N) is 1. The van der Waals surface area contributed by atoms with Gasteiger partial charge < -0.3 is 16.4 Å². The molecule has 2 rings (SSSR count). The van der Waals surface area contributed by atoms with Crippen molar-refractivity contribution in [3.05, 3.63) is 47.8 Å². The molecular weight excluding hydrogens is 325 g/mol. The summed E-state index contributed by atoms with van der Waals surface area (Å²) in [6.45, 7) is 0.751. The van der Waals surface area contributed by atoms with Gasteiger partial charge in [-0.3, -0.25) is 14.5 Å². The smallest absolute Gasteiger partial charge is 0.222 e. The second-order valence-electron chi connectivity index (χ2n) is 5.54. The van der Waals surface area contributed by atoms with Crippen molar-refractivity contribution in [3.8, 4) is 0 Å². The Morgan fingerprint density at radius 1 is 1.36 bits per heavy atom. The Kier molecular flexibility index (Phi) is 6.44. The van der Waals surface area contributed by atoms with Crippen molar-refractivity contribution >= 4 is 11.9 Å². The summed E-state index contributed by atoms with van der Waals surface area (Å²) in [6, 6.07) is 6.02. The van der Waals surface area contributed by atoms with E-state index >= 15 is 0 Å². The number of benzene rings is 1. The normalized spacial score (nSPS) is 12.7. The summed E-state index contributed by atoms with van der Waals surface area (Å²) in [6.07, 6.45) is 1.89. The number of halogens is 1. The first-order valence-corrected chi connectivity index (χ1v) is 7.80. The molecule has 1 aromatic heterocycles. The van der Waals surface area contributed by atoms with Gasteiger partial charge in [0.05, 0.1) is 12.5 Å². The van der Waals surface area contributed by atoms with Gasteiger partial charge in [-0.25, -0.2) is 9.37 Å². The van der Waals surface area contributed by atoms with Gasteiger partial charge in [-0.2, -0.15) is 5.10 Å². The molecule has 0 aliphatic rings. The van der Waals surface area contributed by atoms with Crippen molar-refractivity contribution in [3.63, 3.8) is 0 Å². The fourth-order valence-corrected chi connectivity index (χ4v) is 2.26. The zero-order valence-corrected chi connectivity index (χ0v) is 14.2. The highest BCUT2D eigenvalue weighted by atomic mass is 19.1. The summed E-state index contributed by atoms with van der Waals surface area (Å²) in [5.41, 5.74) is 6.32. The van der Waals surface area contributed by atoms with Crippen LogP contribution in [-0.2, 0) is 24.8 Å². The number of aliphatic imine (C=N–C) groups is 1. The maximum atomic E-state index is 13.0. The van der Waals surface area contributed by atoms with Crippen LogP contribution in [0.5, 0.6) is 0 Å². The molecule has 25 heavy (non-hydrogen) atoms. The van der Waals surface area contributed by atoms with Gasteiger partial charge in [0.15, 0.2) is 5.96 Å². The van der Waals surface area contributed by atoms with Crippen LogP contribution in [0.1, 0.15) is 11.4 Å². The summed E-state index contributed by atoms with van der Waals surface area (Å²) in [5, 5.41) is 10.2. The average molecular weight is 347 g/mol. The highest BCUT2D eigenvalue weighted by molar-refractivity contribution is 5.81. The van der Waals surface area contributed by atoms with E-state index in [1.807, 2.05) is 0 Å². The Morgan fingerprint density at radius 3 is 2.64 bits per heavy atom. The number of carbonyl (C=O) groups excluding carboxylic acids is 1. The first-order chi connectivity index (χ1) is 12.0. The van der Waals surface area contributed by atoms with Crippen molar-refractivity contribution in [1.29, 1.82) is 0 Å². The Labute approximate surface area is 145 Å². The minimum Gasteiger partial charge on any atom is -0.369 e. The molecule has 0 bridgehead atoms. The number of nitrogens with one attached hydrogen (secondary N) is 2. The monoisotopic (exact) mass is 347 g/mol. The van der Waals surface area contributed by atoms with Gasteiger partial charge in [-0.15, -0.1) is 0 Å². The van der Waals surface area contributed by atoms with Crippen LogP contribution in [-0.4, -0.2) is 40.2 Å². The molecule has 0 saturated carbocycles. The lowest BCUT2D eigenvalue weighted by molar-refractivity contribution is -0.121. The van der Waals surface area contributed by atoms with Crippen LogP contribution >= 0.6 is 0 Å². The third kappa shape index (κ3) is 5.55. The minimum absolute atomic E-state index is 0.311. The maximum absolute atomic E-state index is 13.0. The topological polar surface area (TPSA) is 110 Å². The lowest BCUT2D eigenvalue weighted by atomic mass is 9.98. The molecule has 0 aliphatic heterocycles. The number of aromatic nitrogens is 3. The van der Waals surface area contributed by atoms with Crippen LogP contribution in [0.3, 0.4) is 0 Å². The number of amides is 1. The molecular formula is C16H22FN7O. The maximum Gasteiger partial charge on any atom is 0.222 e. The van der Waals surface area contributed by atoms with Gasteiger partial charge in [0.2, 0.25) is 5.91 Å². The number of guanidine groups is 1. The molecule has 134 valence electrons. The van der Waals surface area contributed by atoms with E-state index in [4.69, 9.17) is 5.73 Å². The third-order valence-corrected chi connectivity index (χ3v) is 3.76. The first kappa shape index (κ1) is 18.4. The SMILES string of the molecule is CN=C(NCc1ncnn1C)NCC(Cc1ccc(F)cc1)C(N)=O. The Morgan fingerprint density at radius 2 is 2.08 bits per heavy atom. The van der Waals surface area contributed by atoms with E-state index in [0.717, 1.165) is 11.4 Å². The van der Waals surface area contributed by atoms with Crippen LogP contribution in [0, 0.1) is 11.7 Å². The molecule has 0 radical (unpaired) electrons. The van der Waals surface area contributed by atoms with E-state index in [0.29, 0.717) is 25.5 Å². The number of nitrogens with zero attached hydrogens (tertiary/aromatic N) is 4. The Hall–Kier alpha value is -2.97. The molecule has 1 aromatic carbocycles. The van der Waals surface area contributed by atoms with Crippen LogP contribution in [0.25, 0.3) is 0 Å². The summed E-state index contributed by atoms with van der Waals surface area (Å²) in [4.78, 5) is 19.9. The zero-order valence-electron chi connectivity index (χ0n) is 14.2. The predicted molar refractivity (Wildman–Crippen MR) is 92.0 cm³/mol. The summed E-state index contributed by atoms with van der Waals surface area (Å²) in [5.74, 6) is 0.0827. The van der Waals surface area contributed by atoms with Gasteiger partial charge in [-0.05, 0) is 24.1 Å². The van der Waals surface area contributed by atoms with Gasteiger partial charge in [-0.1, -0.05) is 12.1 Å². The van der Waals surface area contributed by atoms with Gasteiger partial charge in [0.1, 0.15) is 18.0 Å². The van der Waals surface area contributed by atoms with Crippen LogP contribution in [0.4, 0.5) is 4.39 Å². The Bertz CT molecular complexity index is 726. The van der Waals surface area contributed by atoms with E-state index in [1.165, 1.54) is 18.5 Å². The molecule has 0 fully saturated rings. The fraction of sp³-hybridized carbons (Fsp3) is 0.375. The molecule has 1 atom stereocenters. The zero-order chi connectivity index (χ0) is 18.2. The van der Waals surface area contributed by atoms with Crippen molar-refractivity contribution < 1.29 is 9.18 Å². The highest BCUT2D eigenvalue weighted by Gasteiger charge is 2.17. The largest absolute Gasteiger partial charge is 0.369 e. The number of rotatable bonds is 7. The standard InChI is InChI=1S/C16H22FN7O/c1-19-16(21-9-14-22-10-23-24(14)2)20-8-12(15(18)25)7-11-3-5-13(17)6-4-11/h3-6,10,12H,7-9H2,1-2H3,(H2,18,25)(H2,19,20,21). The lowest BCUT2D eigenvalue weighted by Gasteiger charge is -2.17. The first-order valence-electron chi connectivity index (χ1n) is 7.80. The lowest BCUT2D eigenvalue weighted by Crippen LogP contribution is -2.43. The molecule has 1 heterocycles. The number of hydrogen-bond acceptors (Lipinski definition) is 4. The van der Waals surface area contributed by atoms with E-state index in [1.54, 1.807) is 30.9 Å². The fourth-order valence-electron chi connectivity index (χ4n) is 2.26. The number of primary amides is 1. The summed E-state index contributed by atoms with van der Waals surface area (Å²) in [7, 11) is 3.43. The van der Waals surface area contributed by atoms with Crippen molar-refractivity contribution in [1.82, 2.24) is 25.4 Å². The molecule has 0 saturated heterocycles. The molecule has 0 spiro atoms. The molecule has 1 amide bonds. The molecule has 1 unspecified atom stereocenters. The van der Waals surface area contributed by atoms with Crippen molar-refractivity contribution in [2.45, 2.75) is 13.0 Å². The third-order valence-electron chi connectivity index (χ3n) is 3.76. The van der Waals surface area contributed by atoms with Gasteiger partial charge in [0.25, 0.3) is 0 Å². The molecule has 4 N–H and O–H groups in total. The van der Waals surface area contributed by atoms with Crippen molar-refractivity contribution in [2.75, 3.05) is 13.6 Å². The second kappa shape index (κ2) is 8.76. The quantitative estimate of drug-likeness (QED) is 0.481. The van der Waals surface area contributed by atoms with Crippen molar-refractivity contribution in [2.24, 2.45) is 23.7 Å². The molecule has 2 aromatic rings. The van der Waals surface area contributed by atoms with E-state index in [2.05, 4.69) is 25.7 Å². The predicted octanol–water partition coefficient (Wildman–Crippen LogP) is -0.0366. The highest BCUT2D eigenvalue weighted by Crippen LogP contribution is 2.09. The molecule has 9 heteroatoms. The minimum atomic E-state index is -0.446. The van der Waals surface area contributed by atoms with E-state index < -0.39 is 11.8 Å². The number of hydrogen-bond donors (Lipinski definition) is 3. The van der Waals surface area contributed by atoms with Gasteiger partial charge >= 0.3 is 0 Å². The van der Waals surface area contributed by atoms with Crippen LogP contribution in [0.15, 0.2) is 35.6 Å². The van der Waals surface area contributed by atoms with Crippen LogP contribution in [0.2, 0.25) is 0 Å². The molecule has 8 nitrogen and oxygen atoms in total. The molecule has 0 aliphatic carbocycles. The average Bonchev–Trinajstić information content (AvgIpc) is 3.00. The number of carbonyl (C=O) groups is 1. The van der Waals surface area contributed by atoms with E-state index in [-0.39, 0.29) is 5.82 Å². The second-order valence-corrected chi connectivity index (χ2v) is 5.54. The summed E-state index contributed by atoms with van der Waals surface area (Å²) >= 11 is 0. The Balaban J connectivity index is 1.89. The van der Waals surface area contributed by atoms with Crippen LogP contribution < -0.4 is 16.4 Å². The summed E-state index contributed by atoms with van der Waals surface area (Å²) < 4.78 is 14.6. The number of aryl methyl sites for hydroxylation is 1. The van der Waals surface area contributed by atoms with E-state index in [9.17, 15) is 9.18 Å².